The average Bonchev–Trinajstić information content (AvgIpc) is 2.84. The lowest BCUT2D eigenvalue weighted by Gasteiger charge is -2.21. The summed E-state index contributed by atoms with van der Waals surface area (Å²) in [5.41, 5.74) is 2.49. The third kappa shape index (κ3) is 2.30. The lowest BCUT2D eigenvalue weighted by molar-refractivity contribution is 0.564. The van der Waals surface area contributed by atoms with Crippen molar-refractivity contribution >= 4 is 27.3 Å². The van der Waals surface area contributed by atoms with Crippen LogP contribution in [-0.4, -0.2) is 15.0 Å². The van der Waals surface area contributed by atoms with E-state index in [1.807, 2.05) is 25.1 Å². The van der Waals surface area contributed by atoms with E-state index in [2.05, 4.69) is 0 Å². The quantitative estimate of drug-likeness (QED) is 0.847. The van der Waals surface area contributed by atoms with Crippen molar-refractivity contribution in [2.75, 3.05) is 10.8 Å². The van der Waals surface area contributed by atoms with Crippen LogP contribution in [0.25, 0.3) is 0 Å². The SMILES string of the molecule is Cc1cccc2c1N(S(=O)(=O)c1ccc(Cl)cc1F)CC2. The van der Waals surface area contributed by atoms with E-state index in [0.717, 1.165) is 17.2 Å². The van der Waals surface area contributed by atoms with Crippen LogP contribution in [0, 0.1) is 12.7 Å². The van der Waals surface area contributed by atoms with Crippen LogP contribution in [0.5, 0.6) is 0 Å². The van der Waals surface area contributed by atoms with Crippen molar-refractivity contribution in [3.63, 3.8) is 0 Å². The number of halogens is 2. The monoisotopic (exact) mass is 325 g/mol. The first-order valence-corrected chi connectivity index (χ1v) is 8.29. The number of benzene rings is 2. The second-order valence-electron chi connectivity index (χ2n) is 4.98. The molecule has 0 unspecified atom stereocenters. The highest BCUT2D eigenvalue weighted by atomic mass is 35.5. The van der Waals surface area contributed by atoms with Gasteiger partial charge in [-0.3, -0.25) is 4.31 Å². The van der Waals surface area contributed by atoms with Crippen LogP contribution in [0.1, 0.15) is 11.1 Å². The molecule has 0 N–H and O–H groups in total. The van der Waals surface area contributed by atoms with Gasteiger partial charge in [-0.25, -0.2) is 12.8 Å². The Balaban J connectivity index is 2.14. The first kappa shape index (κ1) is 14.4. The summed E-state index contributed by atoms with van der Waals surface area (Å²) in [6, 6.07) is 9.26. The van der Waals surface area contributed by atoms with Crippen molar-refractivity contribution in [1.82, 2.24) is 0 Å². The van der Waals surface area contributed by atoms with E-state index in [1.165, 1.54) is 16.4 Å². The van der Waals surface area contributed by atoms with Crippen molar-refractivity contribution < 1.29 is 12.8 Å². The van der Waals surface area contributed by atoms with Crippen LogP contribution in [0.15, 0.2) is 41.3 Å². The molecule has 110 valence electrons. The van der Waals surface area contributed by atoms with Crippen molar-refractivity contribution in [1.29, 1.82) is 0 Å². The van der Waals surface area contributed by atoms with Gasteiger partial charge >= 0.3 is 0 Å². The molecule has 1 heterocycles. The smallest absolute Gasteiger partial charge is 0.265 e. The molecule has 2 aromatic rings. The van der Waals surface area contributed by atoms with Crippen molar-refractivity contribution in [3.8, 4) is 0 Å². The fourth-order valence-electron chi connectivity index (χ4n) is 2.66. The number of fused-ring (bicyclic) bond motifs is 1. The van der Waals surface area contributed by atoms with Gasteiger partial charge < -0.3 is 0 Å². The molecule has 1 aliphatic heterocycles. The summed E-state index contributed by atoms with van der Waals surface area (Å²) in [4.78, 5) is -0.344. The highest BCUT2D eigenvalue weighted by molar-refractivity contribution is 7.92. The van der Waals surface area contributed by atoms with Crippen LogP contribution in [0.4, 0.5) is 10.1 Å². The minimum atomic E-state index is -3.92. The molecule has 21 heavy (non-hydrogen) atoms. The molecule has 0 saturated carbocycles. The molecular weight excluding hydrogens is 313 g/mol. The Labute approximate surface area is 128 Å². The van der Waals surface area contributed by atoms with Crippen LogP contribution in [0.2, 0.25) is 5.02 Å². The summed E-state index contributed by atoms with van der Waals surface area (Å²) in [6.07, 6.45) is 0.630. The second kappa shape index (κ2) is 5.00. The molecule has 1 aliphatic rings. The maximum Gasteiger partial charge on any atom is 0.267 e. The van der Waals surface area contributed by atoms with Gasteiger partial charge in [0, 0.05) is 11.6 Å². The largest absolute Gasteiger partial charge is 0.267 e. The number of nitrogens with zero attached hydrogens (tertiary/aromatic N) is 1. The van der Waals surface area contributed by atoms with Crippen molar-refractivity contribution in [3.05, 3.63) is 58.4 Å². The summed E-state index contributed by atoms with van der Waals surface area (Å²) < 4.78 is 40.7. The number of aryl methyl sites for hydroxylation is 1. The minimum absolute atomic E-state index is 0.171. The van der Waals surface area contributed by atoms with E-state index in [9.17, 15) is 12.8 Å². The number of hydrogen-bond donors (Lipinski definition) is 0. The number of sulfonamides is 1. The predicted molar refractivity (Wildman–Crippen MR) is 80.8 cm³/mol. The van der Waals surface area contributed by atoms with Crippen molar-refractivity contribution in [2.45, 2.75) is 18.2 Å². The zero-order valence-corrected chi connectivity index (χ0v) is 12.9. The van der Waals surface area contributed by atoms with Gasteiger partial charge in [0.1, 0.15) is 10.7 Å². The second-order valence-corrected chi connectivity index (χ2v) is 7.25. The summed E-state index contributed by atoms with van der Waals surface area (Å²) in [5, 5.41) is 0.171. The molecule has 0 atom stereocenters. The molecule has 0 spiro atoms. The molecule has 0 bridgehead atoms. The Bertz CT molecular complexity index is 820. The Morgan fingerprint density at radius 3 is 2.71 bits per heavy atom. The normalized spacial score (nSPS) is 14.3. The molecule has 3 nitrogen and oxygen atoms in total. The summed E-state index contributed by atoms with van der Waals surface area (Å²) in [5.74, 6) is -0.829. The topological polar surface area (TPSA) is 37.4 Å². The zero-order valence-electron chi connectivity index (χ0n) is 11.3. The molecule has 0 fully saturated rings. The molecule has 0 saturated heterocycles. The molecule has 3 rings (SSSR count). The van der Waals surface area contributed by atoms with E-state index in [-0.39, 0.29) is 9.92 Å². The van der Waals surface area contributed by atoms with Gasteiger partial charge in [-0.2, -0.15) is 0 Å². The van der Waals surface area contributed by atoms with Crippen LogP contribution in [-0.2, 0) is 16.4 Å². The molecule has 0 amide bonds. The van der Waals surface area contributed by atoms with Gasteiger partial charge in [-0.15, -0.1) is 0 Å². The molecule has 2 aromatic carbocycles. The number of rotatable bonds is 2. The summed E-state index contributed by atoms with van der Waals surface area (Å²) in [6.45, 7) is 2.18. The lowest BCUT2D eigenvalue weighted by Crippen LogP contribution is -2.30. The molecule has 0 radical (unpaired) electrons. The zero-order chi connectivity index (χ0) is 15.2. The Morgan fingerprint density at radius 2 is 2.00 bits per heavy atom. The summed E-state index contributed by atoms with van der Waals surface area (Å²) >= 11 is 5.68. The maximum absolute atomic E-state index is 14.0. The Morgan fingerprint density at radius 1 is 1.24 bits per heavy atom. The first-order valence-electron chi connectivity index (χ1n) is 6.47. The third-order valence-corrected chi connectivity index (χ3v) is 5.68. The van der Waals surface area contributed by atoms with E-state index in [1.54, 1.807) is 0 Å². The number of anilines is 1. The fraction of sp³-hybridized carbons (Fsp3) is 0.200. The molecule has 0 aliphatic carbocycles. The lowest BCUT2D eigenvalue weighted by atomic mass is 10.1. The van der Waals surface area contributed by atoms with Crippen molar-refractivity contribution in [2.24, 2.45) is 0 Å². The van der Waals surface area contributed by atoms with Crippen LogP contribution < -0.4 is 4.31 Å². The number of hydrogen-bond acceptors (Lipinski definition) is 2. The predicted octanol–water partition coefficient (Wildman–Crippen LogP) is 3.54. The maximum atomic E-state index is 14.0. The van der Waals surface area contributed by atoms with Gasteiger partial charge in [0.15, 0.2) is 0 Å². The van der Waals surface area contributed by atoms with Gasteiger partial charge in [0.05, 0.1) is 5.69 Å². The van der Waals surface area contributed by atoms with E-state index < -0.39 is 15.8 Å². The van der Waals surface area contributed by atoms with E-state index in [0.29, 0.717) is 18.7 Å². The molecule has 6 heteroatoms. The van der Waals surface area contributed by atoms with E-state index >= 15 is 0 Å². The number of para-hydroxylation sites is 1. The molecular formula is C15H13ClFNO2S. The first-order chi connectivity index (χ1) is 9.91. The average molecular weight is 326 g/mol. The van der Waals surface area contributed by atoms with Crippen LogP contribution >= 0.6 is 11.6 Å². The Hall–Kier alpha value is -1.59. The Kier molecular flexibility index (Phi) is 3.42. The van der Waals surface area contributed by atoms with Gasteiger partial charge in [-0.05, 0) is 42.7 Å². The highest BCUT2D eigenvalue weighted by Gasteiger charge is 2.33. The third-order valence-electron chi connectivity index (χ3n) is 3.62. The van der Waals surface area contributed by atoms with E-state index in [4.69, 9.17) is 11.6 Å². The van der Waals surface area contributed by atoms with Gasteiger partial charge in [0.2, 0.25) is 0 Å². The highest BCUT2D eigenvalue weighted by Crippen LogP contribution is 2.36. The van der Waals surface area contributed by atoms with Gasteiger partial charge in [-0.1, -0.05) is 29.8 Å². The molecule has 0 aromatic heterocycles. The standard InChI is InChI=1S/C15H13ClFNO2S/c1-10-3-2-4-11-7-8-18(15(10)11)21(19,20)14-6-5-12(16)9-13(14)17/h2-6,9H,7-8H2,1H3. The summed E-state index contributed by atoms with van der Waals surface area (Å²) in [7, 11) is -3.92. The fourth-order valence-corrected chi connectivity index (χ4v) is 4.43. The van der Waals surface area contributed by atoms with Crippen LogP contribution in [0.3, 0.4) is 0 Å². The minimum Gasteiger partial charge on any atom is -0.265 e. The van der Waals surface area contributed by atoms with Gasteiger partial charge in [0.25, 0.3) is 10.0 Å².